The van der Waals surface area contributed by atoms with Crippen LogP contribution in [-0.2, 0) is 0 Å². The lowest BCUT2D eigenvalue weighted by molar-refractivity contribution is 0.0959. The second kappa shape index (κ2) is 6.56. The van der Waals surface area contributed by atoms with Gasteiger partial charge in [0.1, 0.15) is 0 Å². The van der Waals surface area contributed by atoms with Gasteiger partial charge in [-0.1, -0.05) is 62.4 Å². The van der Waals surface area contributed by atoms with Crippen LogP contribution in [0.1, 0.15) is 68.1 Å². The van der Waals surface area contributed by atoms with E-state index in [2.05, 4.69) is 0 Å². The lowest BCUT2D eigenvalue weighted by atomic mass is 9.75. The number of hydrogen-bond acceptors (Lipinski definition) is 1. The molecule has 2 saturated carbocycles. The molecule has 1 aromatic carbocycles. The Kier molecular flexibility index (Phi) is 4.54. The maximum Gasteiger partial charge on any atom is 0.162 e. The van der Waals surface area contributed by atoms with Crippen molar-refractivity contribution in [2.24, 2.45) is 17.8 Å². The molecule has 20 heavy (non-hydrogen) atoms. The number of benzene rings is 1. The number of hydrogen-bond donors (Lipinski definition) is 0. The Morgan fingerprint density at radius 2 is 1.60 bits per heavy atom. The van der Waals surface area contributed by atoms with Crippen molar-refractivity contribution in [1.82, 2.24) is 0 Å². The predicted octanol–water partition coefficient (Wildman–Crippen LogP) is 5.26. The number of Topliss-reactive ketones (excluding diaryl/α,β-unsaturated/α-hetero) is 1. The Bertz CT molecular complexity index is 426. The summed E-state index contributed by atoms with van der Waals surface area (Å²) < 4.78 is 0. The molecule has 0 radical (unpaired) electrons. The van der Waals surface area contributed by atoms with E-state index in [0.29, 0.717) is 5.78 Å². The van der Waals surface area contributed by atoms with Crippen LogP contribution in [0.4, 0.5) is 0 Å². The van der Waals surface area contributed by atoms with Gasteiger partial charge in [-0.25, -0.2) is 0 Å². The predicted molar refractivity (Wildman–Crippen MR) is 82.8 cm³/mol. The van der Waals surface area contributed by atoms with Crippen LogP contribution in [0.5, 0.6) is 0 Å². The van der Waals surface area contributed by atoms with Crippen molar-refractivity contribution < 1.29 is 4.79 Å². The number of ketones is 1. The third kappa shape index (κ3) is 3.50. The average molecular weight is 270 g/mol. The summed E-state index contributed by atoms with van der Waals surface area (Å²) in [5, 5.41) is 0. The molecule has 0 N–H and O–H groups in total. The van der Waals surface area contributed by atoms with Gasteiger partial charge >= 0.3 is 0 Å². The Morgan fingerprint density at radius 3 is 2.25 bits per heavy atom. The van der Waals surface area contributed by atoms with E-state index in [1.165, 1.54) is 44.9 Å². The Hall–Kier alpha value is -1.11. The van der Waals surface area contributed by atoms with E-state index in [9.17, 15) is 4.79 Å². The molecule has 1 atom stereocenters. The van der Waals surface area contributed by atoms with Crippen LogP contribution in [0.25, 0.3) is 0 Å². The zero-order valence-electron chi connectivity index (χ0n) is 12.4. The van der Waals surface area contributed by atoms with E-state index in [-0.39, 0.29) is 0 Å². The van der Waals surface area contributed by atoms with Crippen molar-refractivity contribution in [2.45, 2.75) is 57.8 Å². The molecule has 0 aromatic heterocycles. The molecule has 0 spiro atoms. The van der Waals surface area contributed by atoms with E-state index in [0.717, 1.165) is 36.2 Å². The summed E-state index contributed by atoms with van der Waals surface area (Å²) in [5.74, 6) is 3.04. The van der Waals surface area contributed by atoms with Gasteiger partial charge < -0.3 is 0 Å². The summed E-state index contributed by atoms with van der Waals surface area (Å²) in [7, 11) is 0. The van der Waals surface area contributed by atoms with Crippen LogP contribution in [-0.4, -0.2) is 5.78 Å². The molecule has 108 valence electrons. The third-order valence-corrected chi connectivity index (χ3v) is 5.28. The van der Waals surface area contributed by atoms with Crippen LogP contribution in [0.3, 0.4) is 0 Å². The van der Waals surface area contributed by atoms with E-state index < -0.39 is 0 Å². The highest BCUT2D eigenvalue weighted by Gasteiger charge is 2.36. The van der Waals surface area contributed by atoms with Gasteiger partial charge in [0, 0.05) is 12.0 Å². The van der Waals surface area contributed by atoms with Gasteiger partial charge in [0.2, 0.25) is 0 Å². The first-order valence-electron chi connectivity index (χ1n) is 8.43. The second-order valence-electron chi connectivity index (χ2n) is 6.73. The molecule has 0 heterocycles. The molecular formula is C19H26O. The van der Waals surface area contributed by atoms with Crippen molar-refractivity contribution in [2.75, 3.05) is 0 Å². The molecule has 3 rings (SSSR count). The first-order chi connectivity index (χ1) is 9.84. The lowest BCUT2D eigenvalue weighted by Gasteiger charge is -2.30. The Balaban J connectivity index is 1.55. The average Bonchev–Trinajstić information content (AvgIpc) is 3.34. The summed E-state index contributed by atoms with van der Waals surface area (Å²) in [6.07, 6.45) is 11.8. The molecule has 1 unspecified atom stereocenters. The zero-order chi connectivity index (χ0) is 13.8. The van der Waals surface area contributed by atoms with Crippen LogP contribution < -0.4 is 0 Å². The lowest BCUT2D eigenvalue weighted by Crippen LogP contribution is -2.20. The molecule has 2 aliphatic carbocycles. The smallest absolute Gasteiger partial charge is 0.162 e. The molecule has 0 saturated heterocycles. The van der Waals surface area contributed by atoms with Gasteiger partial charge in [0.05, 0.1) is 0 Å². The molecule has 0 aliphatic heterocycles. The first kappa shape index (κ1) is 13.9. The molecular weight excluding hydrogens is 244 g/mol. The van der Waals surface area contributed by atoms with Gasteiger partial charge in [0.15, 0.2) is 5.78 Å². The summed E-state index contributed by atoms with van der Waals surface area (Å²) >= 11 is 0. The minimum atomic E-state index is 0.340. The normalized spacial score (nSPS) is 21.6. The van der Waals surface area contributed by atoms with Gasteiger partial charge in [-0.3, -0.25) is 4.79 Å². The molecule has 1 aromatic rings. The minimum Gasteiger partial charge on any atom is -0.294 e. The zero-order valence-corrected chi connectivity index (χ0v) is 12.4. The summed E-state index contributed by atoms with van der Waals surface area (Å²) in [6, 6.07) is 9.81. The molecule has 0 bridgehead atoms. The number of carbonyl (C=O) groups excluding carboxylic acids is 1. The van der Waals surface area contributed by atoms with Crippen LogP contribution in [0, 0.1) is 17.8 Å². The van der Waals surface area contributed by atoms with Gasteiger partial charge in [-0.2, -0.15) is 0 Å². The van der Waals surface area contributed by atoms with Crippen molar-refractivity contribution in [3.8, 4) is 0 Å². The summed E-state index contributed by atoms with van der Waals surface area (Å²) in [4.78, 5) is 12.3. The summed E-state index contributed by atoms with van der Waals surface area (Å²) in [5.41, 5.74) is 0.894. The summed E-state index contributed by atoms with van der Waals surface area (Å²) in [6.45, 7) is 0. The van der Waals surface area contributed by atoms with E-state index in [1.807, 2.05) is 30.3 Å². The fourth-order valence-corrected chi connectivity index (χ4v) is 4.01. The van der Waals surface area contributed by atoms with E-state index in [4.69, 9.17) is 0 Å². The van der Waals surface area contributed by atoms with Gasteiger partial charge in [0.25, 0.3) is 0 Å². The van der Waals surface area contributed by atoms with Crippen molar-refractivity contribution in [1.29, 1.82) is 0 Å². The van der Waals surface area contributed by atoms with Crippen molar-refractivity contribution in [3.63, 3.8) is 0 Å². The van der Waals surface area contributed by atoms with E-state index in [1.54, 1.807) is 0 Å². The third-order valence-electron chi connectivity index (χ3n) is 5.28. The Morgan fingerprint density at radius 1 is 0.950 bits per heavy atom. The van der Waals surface area contributed by atoms with E-state index >= 15 is 0 Å². The van der Waals surface area contributed by atoms with Crippen molar-refractivity contribution in [3.05, 3.63) is 35.9 Å². The highest BCUT2D eigenvalue weighted by atomic mass is 16.1. The van der Waals surface area contributed by atoms with Crippen LogP contribution in [0.2, 0.25) is 0 Å². The van der Waals surface area contributed by atoms with Gasteiger partial charge in [-0.05, 0) is 37.0 Å². The SMILES string of the molecule is O=C(CCC(C1CCCCC1)C1CC1)c1ccccc1. The topological polar surface area (TPSA) is 17.1 Å². The molecule has 2 fully saturated rings. The molecule has 1 nitrogen and oxygen atoms in total. The molecule has 2 aliphatic rings. The number of rotatable bonds is 6. The molecule has 1 heteroatoms. The maximum absolute atomic E-state index is 12.3. The quantitative estimate of drug-likeness (QED) is 0.645. The fraction of sp³-hybridized carbons (Fsp3) is 0.632. The highest BCUT2D eigenvalue weighted by Crippen LogP contribution is 2.47. The standard InChI is InChI=1S/C19H26O/c20-19(17-9-5-2-6-10-17)14-13-18(16-11-12-16)15-7-3-1-4-8-15/h2,5-6,9-10,15-16,18H,1,3-4,7-8,11-14H2. The van der Waals surface area contributed by atoms with Gasteiger partial charge in [-0.15, -0.1) is 0 Å². The van der Waals surface area contributed by atoms with Crippen LogP contribution >= 0.6 is 0 Å². The van der Waals surface area contributed by atoms with Crippen LogP contribution in [0.15, 0.2) is 30.3 Å². The van der Waals surface area contributed by atoms with Crippen molar-refractivity contribution >= 4 is 5.78 Å². The second-order valence-corrected chi connectivity index (χ2v) is 6.73. The fourth-order valence-electron chi connectivity index (χ4n) is 4.01. The highest BCUT2D eigenvalue weighted by molar-refractivity contribution is 5.95. The minimum absolute atomic E-state index is 0.340. The first-order valence-corrected chi connectivity index (χ1v) is 8.43. The number of carbonyl (C=O) groups is 1. The monoisotopic (exact) mass is 270 g/mol. The largest absolute Gasteiger partial charge is 0.294 e. The Labute approximate surface area is 122 Å². The molecule has 0 amide bonds. The maximum atomic E-state index is 12.3.